The van der Waals surface area contributed by atoms with Crippen LogP contribution in [-0.4, -0.2) is 35.6 Å². The van der Waals surface area contributed by atoms with Crippen molar-refractivity contribution in [3.8, 4) is 22.6 Å². The summed E-state index contributed by atoms with van der Waals surface area (Å²) in [7, 11) is 0. The Labute approximate surface area is 136 Å². The number of carboxylic acid groups (broad SMARTS) is 1. The molecule has 7 nitrogen and oxygen atoms in total. The largest absolute Gasteiger partial charge is 0.478 e. The van der Waals surface area contributed by atoms with Crippen LogP contribution in [0.2, 0.25) is 0 Å². The average molecular weight is 317 g/mol. The highest BCUT2D eigenvalue weighted by Gasteiger charge is 2.17. The van der Waals surface area contributed by atoms with Gasteiger partial charge in [0.25, 0.3) is 0 Å². The Hall–Kier alpha value is -3.61. The minimum Gasteiger partial charge on any atom is -0.478 e. The molecule has 4 aromatic rings. The highest BCUT2D eigenvalue weighted by Crippen LogP contribution is 2.24. The van der Waals surface area contributed by atoms with Gasteiger partial charge in [-0.05, 0) is 36.4 Å². The van der Waals surface area contributed by atoms with Crippen LogP contribution in [-0.2, 0) is 0 Å². The number of hydrogen-bond donors (Lipinski definition) is 1. The normalized spacial score (nSPS) is 10.8. The third kappa shape index (κ3) is 2.28. The van der Waals surface area contributed by atoms with E-state index in [0.717, 1.165) is 16.8 Å². The van der Waals surface area contributed by atoms with Gasteiger partial charge in [-0.25, -0.2) is 14.3 Å². The third-order valence-electron chi connectivity index (χ3n) is 3.61. The molecule has 24 heavy (non-hydrogen) atoms. The first kappa shape index (κ1) is 14.0. The molecular weight excluding hydrogens is 306 g/mol. The molecule has 116 valence electrons. The van der Waals surface area contributed by atoms with Gasteiger partial charge in [-0.1, -0.05) is 0 Å². The summed E-state index contributed by atoms with van der Waals surface area (Å²) in [5.41, 5.74) is 2.71. The van der Waals surface area contributed by atoms with Crippen molar-refractivity contribution < 1.29 is 9.90 Å². The van der Waals surface area contributed by atoms with Gasteiger partial charge in [-0.3, -0.25) is 9.97 Å². The van der Waals surface area contributed by atoms with E-state index in [1.807, 2.05) is 18.2 Å². The van der Waals surface area contributed by atoms with E-state index in [9.17, 15) is 9.90 Å². The van der Waals surface area contributed by atoms with Gasteiger partial charge in [0.1, 0.15) is 5.56 Å². The van der Waals surface area contributed by atoms with Crippen LogP contribution in [0.25, 0.3) is 28.3 Å². The van der Waals surface area contributed by atoms with Crippen molar-refractivity contribution in [3.05, 3.63) is 66.7 Å². The van der Waals surface area contributed by atoms with Crippen LogP contribution in [0.4, 0.5) is 0 Å². The zero-order chi connectivity index (χ0) is 16.5. The minimum atomic E-state index is -1.05. The van der Waals surface area contributed by atoms with Gasteiger partial charge in [0.05, 0.1) is 5.69 Å². The van der Waals surface area contributed by atoms with Crippen LogP contribution in [0.3, 0.4) is 0 Å². The summed E-state index contributed by atoms with van der Waals surface area (Å²) in [6.07, 6.45) is 6.64. The minimum absolute atomic E-state index is 0.0930. The van der Waals surface area contributed by atoms with Gasteiger partial charge in [-0.2, -0.15) is 0 Å². The van der Waals surface area contributed by atoms with E-state index in [1.165, 1.54) is 6.07 Å². The first-order valence-electron chi connectivity index (χ1n) is 7.18. The van der Waals surface area contributed by atoms with Crippen molar-refractivity contribution in [2.75, 3.05) is 0 Å². The van der Waals surface area contributed by atoms with Crippen molar-refractivity contribution in [2.45, 2.75) is 0 Å². The number of aromatic nitrogens is 5. The first-order valence-corrected chi connectivity index (χ1v) is 7.18. The Morgan fingerprint density at radius 3 is 2.50 bits per heavy atom. The molecule has 0 unspecified atom stereocenters. The standard InChI is InChI=1S/C17H11N5O2/c23-17(24)13-3-4-14(11-5-8-18-9-6-11)22-16(13)20-15(21-22)12-2-1-7-19-10-12/h1-10H,(H,23,24). The molecule has 7 heteroatoms. The lowest BCUT2D eigenvalue weighted by molar-refractivity contribution is 0.0698. The Morgan fingerprint density at radius 1 is 0.958 bits per heavy atom. The van der Waals surface area contributed by atoms with Gasteiger partial charge in [0.2, 0.25) is 0 Å². The quantitative estimate of drug-likeness (QED) is 0.624. The van der Waals surface area contributed by atoms with Crippen LogP contribution in [0.5, 0.6) is 0 Å². The highest BCUT2D eigenvalue weighted by atomic mass is 16.4. The number of carboxylic acids is 1. The van der Waals surface area contributed by atoms with E-state index in [-0.39, 0.29) is 11.2 Å². The second-order valence-corrected chi connectivity index (χ2v) is 5.09. The lowest BCUT2D eigenvalue weighted by atomic mass is 10.1. The van der Waals surface area contributed by atoms with Crippen LogP contribution in [0, 0.1) is 0 Å². The van der Waals surface area contributed by atoms with E-state index in [1.54, 1.807) is 41.4 Å². The predicted molar refractivity (Wildman–Crippen MR) is 86.4 cm³/mol. The van der Waals surface area contributed by atoms with E-state index < -0.39 is 5.97 Å². The number of rotatable bonds is 3. The Kier molecular flexibility index (Phi) is 3.24. The number of hydrogen-bond acceptors (Lipinski definition) is 5. The van der Waals surface area contributed by atoms with Gasteiger partial charge in [0.15, 0.2) is 11.5 Å². The smallest absolute Gasteiger partial charge is 0.339 e. The molecule has 0 saturated heterocycles. The maximum Gasteiger partial charge on any atom is 0.339 e. The molecule has 0 radical (unpaired) electrons. The van der Waals surface area contributed by atoms with Crippen LogP contribution >= 0.6 is 0 Å². The molecule has 0 bridgehead atoms. The summed E-state index contributed by atoms with van der Waals surface area (Å²) in [4.78, 5) is 24.0. The topological polar surface area (TPSA) is 93.3 Å². The Balaban J connectivity index is 2.01. The monoisotopic (exact) mass is 317 g/mol. The summed E-state index contributed by atoms with van der Waals surface area (Å²) in [6, 6.07) is 10.5. The molecule has 4 heterocycles. The van der Waals surface area contributed by atoms with Gasteiger partial charge in [-0.15, -0.1) is 5.10 Å². The molecule has 0 aromatic carbocycles. The second-order valence-electron chi connectivity index (χ2n) is 5.09. The molecule has 0 fully saturated rings. The van der Waals surface area contributed by atoms with Gasteiger partial charge in [0, 0.05) is 35.9 Å². The van der Waals surface area contributed by atoms with Crippen molar-refractivity contribution in [2.24, 2.45) is 0 Å². The highest BCUT2D eigenvalue weighted by molar-refractivity contribution is 5.95. The SMILES string of the molecule is O=C(O)c1ccc(-c2ccncc2)n2nc(-c3cccnc3)nc12. The molecule has 4 aromatic heterocycles. The molecule has 0 spiro atoms. The van der Waals surface area contributed by atoms with E-state index in [4.69, 9.17) is 0 Å². The summed E-state index contributed by atoms with van der Waals surface area (Å²) in [5, 5.41) is 13.9. The maximum absolute atomic E-state index is 11.5. The molecule has 0 aliphatic rings. The average Bonchev–Trinajstić information content (AvgIpc) is 3.07. The third-order valence-corrected chi connectivity index (χ3v) is 3.61. The Morgan fingerprint density at radius 2 is 1.79 bits per heavy atom. The van der Waals surface area contributed by atoms with Crippen molar-refractivity contribution >= 4 is 11.6 Å². The van der Waals surface area contributed by atoms with Crippen molar-refractivity contribution in [1.82, 2.24) is 24.6 Å². The van der Waals surface area contributed by atoms with E-state index >= 15 is 0 Å². The van der Waals surface area contributed by atoms with E-state index in [0.29, 0.717) is 5.82 Å². The Bertz CT molecular complexity index is 1030. The summed E-state index contributed by atoms with van der Waals surface area (Å²) in [6.45, 7) is 0. The molecule has 0 aliphatic heterocycles. The fraction of sp³-hybridized carbons (Fsp3) is 0. The first-order chi connectivity index (χ1) is 11.7. The van der Waals surface area contributed by atoms with Crippen molar-refractivity contribution in [1.29, 1.82) is 0 Å². The predicted octanol–water partition coefficient (Wildman–Crippen LogP) is 2.55. The molecule has 0 aliphatic carbocycles. The fourth-order valence-electron chi connectivity index (χ4n) is 2.49. The summed E-state index contributed by atoms with van der Waals surface area (Å²) >= 11 is 0. The zero-order valence-corrected chi connectivity index (χ0v) is 12.4. The lowest BCUT2D eigenvalue weighted by Crippen LogP contribution is -2.03. The van der Waals surface area contributed by atoms with E-state index in [2.05, 4.69) is 20.1 Å². The number of pyridine rings is 3. The summed E-state index contributed by atoms with van der Waals surface area (Å²) < 4.78 is 1.54. The molecular formula is C17H11N5O2. The molecule has 4 rings (SSSR count). The van der Waals surface area contributed by atoms with Crippen molar-refractivity contribution in [3.63, 3.8) is 0 Å². The van der Waals surface area contributed by atoms with Crippen LogP contribution in [0.15, 0.2) is 61.2 Å². The summed E-state index contributed by atoms with van der Waals surface area (Å²) in [5.74, 6) is -0.626. The number of aromatic carboxylic acids is 1. The fourth-order valence-corrected chi connectivity index (χ4v) is 2.49. The van der Waals surface area contributed by atoms with Gasteiger partial charge < -0.3 is 5.11 Å². The second kappa shape index (κ2) is 5.54. The van der Waals surface area contributed by atoms with Crippen LogP contribution < -0.4 is 0 Å². The molecule has 0 saturated carbocycles. The van der Waals surface area contributed by atoms with Gasteiger partial charge >= 0.3 is 5.97 Å². The number of nitrogens with zero attached hydrogens (tertiary/aromatic N) is 5. The maximum atomic E-state index is 11.5. The zero-order valence-electron chi connectivity index (χ0n) is 12.4. The molecule has 0 amide bonds. The number of carbonyl (C=O) groups is 1. The number of fused-ring (bicyclic) bond motifs is 1. The molecule has 1 N–H and O–H groups in total. The lowest BCUT2D eigenvalue weighted by Gasteiger charge is -2.05. The van der Waals surface area contributed by atoms with Crippen LogP contribution in [0.1, 0.15) is 10.4 Å². The molecule has 0 atom stereocenters.